The lowest BCUT2D eigenvalue weighted by Gasteiger charge is -2.23. The Kier molecular flexibility index (Phi) is 4.58. The first-order valence-corrected chi connectivity index (χ1v) is 10.9. The second kappa shape index (κ2) is 7.26. The summed E-state index contributed by atoms with van der Waals surface area (Å²) in [6.45, 7) is 1.27. The predicted molar refractivity (Wildman–Crippen MR) is 113 cm³/mol. The number of hydrogen-bond acceptors (Lipinski definition) is 6. The number of fused-ring (bicyclic) bond motifs is 1. The van der Waals surface area contributed by atoms with E-state index in [0.29, 0.717) is 22.8 Å². The third kappa shape index (κ3) is 3.42. The molecule has 2 aromatic heterocycles. The Morgan fingerprint density at radius 1 is 1.21 bits per heavy atom. The maximum absolute atomic E-state index is 12.8. The number of amides is 1. The SMILES string of the molecule is Cn1c(C2CC2)nc2sc(N3CCC[C@@H]3C(=O)NCc3ccccc3)nc2c1=O. The van der Waals surface area contributed by atoms with E-state index in [1.807, 2.05) is 35.2 Å². The van der Waals surface area contributed by atoms with Crippen LogP contribution in [0.15, 0.2) is 35.1 Å². The van der Waals surface area contributed by atoms with Crippen molar-refractivity contribution in [3.8, 4) is 0 Å². The lowest BCUT2D eigenvalue weighted by Crippen LogP contribution is -2.43. The molecule has 5 rings (SSSR count). The third-order valence-electron chi connectivity index (χ3n) is 5.72. The lowest BCUT2D eigenvalue weighted by molar-refractivity contribution is -0.122. The van der Waals surface area contributed by atoms with Gasteiger partial charge >= 0.3 is 0 Å². The fraction of sp³-hybridized carbons (Fsp3) is 0.429. The van der Waals surface area contributed by atoms with Crippen LogP contribution in [0.25, 0.3) is 10.3 Å². The number of rotatable bonds is 5. The molecule has 1 aromatic carbocycles. The molecule has 1 aliphatic heterocycles. The number of anilines is 1. The Labute approximate surface area is 172 Å². The molecule has 1 amide bonds. The molecule has 150 valence electrons. The van der Waals surface area contributed by atoms with Crippen molar-refractivity contribution in [3.63, 3.8) is 0 Å². The second-order valence-electron chi connectivity index (χ2n) is 7.81. The average Bonchev–Trinajstić information content (AvgIpc) is 3.30. The van der Waals surface area contributed by atoms with Crippen molar-refractivity contribution in [2.24, 2.45) is 7.05 Å². The zero-order valence-electron chi connectivity index (χ0n) is 16.3. The molecule has 0 radical (unpaired) electrons. The summed E-state index contributed by atoms with van der Waals surface area (Å²) in [5, 5.41) is 3.76. The Bertz CT molecular complexity index is 1120. The van der Waals surface area contributed by atoms with Crippen LogP contribution in [0.4, 0.5) is 5.13 Å². The molecule has 8 heteroatoms. The molecule has 3 heterocycles. The zero-order valence-corrected chi connectivity index (χ0v) is 17.1. The monoisotopic (exact) mass is 409 g/mol. The van der Waals surface area contributed by atoms with Crippen LogP contribution in [0.5, 0.6) is 0 Å². The first-order chi connectivity index (χ1) is 14.1. The van der Waals surface area contributed by atoms with Crippen molar-refractivity contribution in [1.82, 2.24) is 19.9 Å². The van der Waals surface area contributed by atoms with Gasteiger partial charge in [0, 0.05) is 26.1 Å². The quantitative estimate of drug-likeness (QED) is 0.701. The van der Waals surface area contributed by atoms with Crippen LogP contribution >= 0.6 is 11.3 Å². The van der Waals surface area contributed by atoms with Crippen LogP contribution in [0, 0.1) is 0 Å². The summed E-state index contributed by atoms with van der Waals surface area (Å²) < 4.78 is 1.64. The molecular weight excluding hydrogens is 386 g/mol. The average molecular weight is 410 g/mol. The second-order valence-corrected chi connectivity index (χ2v) is 8.77. The topological polar surface area (TPSA) is 80.1 Å². The van der Waals surface area contributed by atoms with Gasteiger partial charge in [-0.25, -0.2) is 9.97 Å². The van der Waals surface area contributed by atoms with E-state index in [1.54, 1.807) is 11.6 Å². The number of aromatic nitrogens is 3. The van der Waals surface area contributed by atoms with Crippen LogP contribution in [-0.4, -0.2) is 33.0 Å². The minimum Gasteiger partial charge on any atom is -0.350 e. The van der Waals surface area contributed by atoms with Gasteiger partial charge in [0.1, 0.15) is 11.9 Å². The Hall–Kier alpha value is -2.74. The number of carbonyl (C=O) groups excluding carboxylic acids is 1. The molecule has 1 saturated carbocycles. The molecule has 0 bridgehead atoms. The van der Waals surface area contributed by atoms with Gasteiger partial charge in [0.25, 0.3) is 5.56 Å². The number of carbonyl (C=O) groups is 1. The summed E-state index contributed by atoms with van der Waals surface area (Å²) in [5.74, 6) is 1.26. The number of benzene rings is 1. The molecule has 2 aliphatic rings. The lowest BCUT2D eigenvalue weighted by atomic mass is 10.2. The van der Waals surface area contributed by atoms with E-state index in [9.17, 15) is 9.59 Å². The highest BCUT2D eigenvalue weighted by Gasteiger charge is 2.34. The zero-order chi connectivity index (χ0) is 20.0. The molecule has 1 atom stereocenters. The van der Waals surface area contributed by atoms with Gasteiger partial charge in [-0.2, -0.15) is 0 Å². The van der Waals surface area contributed by atoms with E-state index >= 15 is 0 Å². The highest BCUT2D eigenvalue weighted by atomic mass is 32.1. The maximum Gasteiger partial charge on any atom is 0.280 e. The number of thiazole rings is 1. The minimum absolute atomic E-state index is 0.00476. The highest BCUT2D eigenvalue weighted by Crippen LogP contribution is 2.39. The number of hydrogen-bond donors (Lipinski definition) is 1. The van der Waals surface area contributed by atoms with E-state index in [0.717, 1.165) is 48.7 Å². The summed E-state index contributed by atoms with van der Waals surface area (Å²) in [7, 11) is 1.77. The van der Waals surface area contributed by atoms with Gasteiger partial charge in [-0.3, -0.25) is 14.2 Å². The molecule has 2 fully saturated rings. The molecular formula is C21H23N5O2S. The van der Waals surface area contributed by atoms with Crippen LogP contribution in [0.3, 0.4) is 0 Å². The van der Waals surface area contributed by atoms with Gasteiger partial charge in [0.05, 0.1) is 0 Å². The van der Waals surface area contributed by atoms with Gasteiger partial charge in [-0.1, -0.05) is 41.7 Å². The van der Waals surface area contributed by atoms with Crippen molar-refractivity contribution >= 4 is 32.7 Å². The number of nitrogens with zero attached hydrogens (tertiary/aromatic N) is 4. The molecule has 7 nitrogen and oxygen atoms in total. The van der Waals surface area contributed by atoms with E-state index < -0.39 is 0 Å². The molecule has 29 heavy (non-hydrogen) atoms. The molecule has 3 aromatic rings. The van der Waals surface area contributed by atoms with Crippen molar-refractivity contribution in [3.05, 3.63) is 52.1 Å². The summed E-state index contributed by atoms with van der Waals surface area (Å²) in [4.78, 5) is 37.6. The summed E-state index contributed by atoms with van der Waals surface area (Å²) in [6, 6.07) is 9.63. The highest BCUT2D eigenvalue weighted by molar-refractivity contribution is 7.21. The largest absolute Gasteiger partial charge is 0.350 e. The Morgan fingerprint density at radius 3 is 2.76 bits per heavy atom. The first kappa shape index (κ1) is 18.3. The Balaban J connectivity index is 1.39. The molecule has 0 spiro atoms. The molecule has 1 N–H and O–H groups in total. The third-order valence-corrected chi connectivity index (χ3v) is 6.70. The van der Waals surface area contributed by atoms with Gasteiger partial charge in [-0.15, -0.1) is 0 Å². The minimum atomic E-state index is -0.258. The van der Waals surface area contributed by atoms with Crippen molar-refractivity contribution in [2.75, 3.05) is 11.4 Å². The van der Waals surface area contributed by atoms with E-state index in [1.165, 1.54) is 11.3 Å². The van der Waals surface area contributed by atoms with Gasteiger partial charge in [-0.05, 0) is 31.2 Å². The molecule has 1 aliphatic carbocycles. The van der Waals surface area contributed by atoms with Gasteiger partial charge in [0.2, 0.25) is 5.91 Å². The van der Waals surface area contributed by atoms with Crippen molar-refractivity contribution in [1.29, 1.82) is 0 Å². The fourth-order valence-electron chi connectivity index (χ4n) is 3.96. The van der Waals surface area contributed by atoms with E-state index in [2.05, 4.69) is 10.3 Å². The van der Waals surface area contributed by atoms with Gasteiger partial charge in [0.15, 0.2) is 15.5 Å². The number of nitrogens with one attached hydrogen (secondary N) is 1. The maximum atomic E-state index is 12.8. The Morgan fingerprint density at radius 2 is 2.00 bits per heavy atom. The van der Waals surface area contributed by atoms with Crippen LogP contribution in [0.1, 0.15) is 43.0 Å². The van der Waals surface area contributed by atoms with Crippen LogP contribution in [0.2, 0.25) is 0 Å². The van der Waals surface area contributed by atoms with Gasteiger partial charge < -0.3 is 10.2 Å². The van der Waals surface area contributed by atoms with Crippen molar-refractivity contribution < 1.29 is 4.79 Å². The summed E-state index contributed by atoms with van der Waals surface area (Å²) >= 11 is 1.42. The smallest absolute Gasteiger partial charge is 0.280 e. The van der Waals surface area contributed by atoms with Crippen LogP contribution in [-0.2, 0) is 18.4 Å². The molecule has 0 unspecified atom stereocenters. The normalized spacial score (nSPS) is 19.1. The first-order valence-electron chi connectivity index (χ1n) is 10.1. The fourth-order valence-corrected chi connectivity index (χ4v) is 4.97. The van der Waals surface area contributed by atoms with E-state index in [-0.39, 0.29) is 17.5 Å². The van der Waals surface area contributed by atoms with Crippen LogP contribution < -0.4 is 15.8 Å². The summed E-state index contributed by atoms with van der Waals surface area (Å²) in [5.41, 5.74) is 1.39. The molecule has 1 saturated heterocycles. The predicted octanol–water partition coefficient (Wildman–Crippen LogP) is 2.55. The standard InChI is InChI=1S/C21H23N5O2S/c1-25-17(14-9-10-14)24-19-16(20(25)28)23-21(29-19)26-11-5-8-15(26)18(27)22-12-13-6-3-2-4-7-13/h2-4,6-7,14-15H,5,8-12H2,1H3,(H,22,27)/t15-/m1/s1. The van der Waals surface area contributed by atoms with Crippen molar-refractivity contribution in [2.45, 2.75) is 44.2 Å². The van der Waals surface area contributed by atoms with E-state index in [4.69, 9.17) is 4.98 Å². The summed E-state index contributed by atoms with van der Waals surface area (Å²) in [6.07, 6.45) is 3.90.